The van der Waals surface area contributed by atoms with Crippen LogP contribution < -0.4 is 11.1 Å². The number of nitrogens with one attached hydrogen (secondary N) is 2. The molecule has 1 amide bonds. The number of anilines is 1. The van der Waals surface area contributed by atoms with Crippen LogP contribution >= 0.6 is 0 Å². The number of aromatic nitrogens is 1. The lowest BCUT2D eigenvalue weighted by molar-refractivity contribution is 0.0911. The van der Waals surface area contributed by atoms with E-state index < -0.39 is 11.9 Å². The average Bonchev–Trinajstić information content (AvgIpc) is 2.82. The first-order chi connectivity index (χ1) is 15.1. The number of amides is 1. The topological polar surface area (TPSA) is 112 Å². The second kappa shape index (κ2) is 8.77. The third-order valence-corrected chi connectivity index (χ3v) is 5.16. The van der Waals surface area contributed by atoms with E-state index in [1.807, 2.05) is 72.8 Å². The lowest BCUT2D eigenvalue weighted by Crippen LogP contribution is -2.31. The Kier molecular flexibility index (Phi) is 5.73. The number of pyridine rings is 1. The van der Waals surface area contributed by atoms with Gasteiger partial charge in [-0.2, -0.15) is 0 Å². The molecule has 5 N–H and O–H groups in total. The molecule has 0 spiro atoms. The molecule has 0 aliphatic heterocycles. The van der Waals surface area contributed by atoms with Gasteiger partial charge in [0.05, 0.1) is 30.2 Å². The number of hydrogen-bond acceptors (Lipinski definition) is 5. The molecule has 3 aromatic carbocycles. The number of rotatable bonds is 6. The van der Waals surface area contributed by atoms with E-state index in [-0.39, 0.29) is 18.0 Å². The van der Waals surface area contributed by atoms with E-state index in [4.69, 9.17) is 11.1 Å². The highest BCUT2D eigenvalue weighted by Crippen LogP contribution is 2.21. The summed E-state index contributed by atoms with van der Waals surface area (Å²) in [5.41, 5.74) is 8.65. The molecule has 0 aliphatic carbocycles. The van der Waals surface area contributed by atoms with Gasteiger partial charge in [-0.25, -0.2) is 4.98 Å². The first-order valence-electron chi connectivity index (χ1n) is 9.87. The van der Waals surface area contributed by atoms with Gasteiger partial charge in [0.2, 0.25) is 0 Å². The van der Waals surface area contributed by atoms with Crippen molar-refractivity contribution in [2.45, 2.75) is 6.04 Å². The summed E-state index contributed by atoms with van der Waals surface area (Å²) in [6, 6.07) is 23.8. The van der Waals surface area contributed by atoms with Gasteiger partial charge in [0.1, 0.15) is 5.69 Å². The second-order valence-electron chi connectivity index (χ2n) is 7.21. The zero-order valence-corrected chi connectivity index (χ0v) is 16.7. The number of nitrogens with two attached hydrogens (primary N) is 1. The van der Waals surface area contributed by atoms with Crippen LogP contribution in [0, 0.1) is 5.41 Å². The number of benzene rings is 3. The lowest BCUT2D eigenvalue weighted by atomic mass is 9.98. The van der Waals surface area contributed by atoms with Crippen molar-refractivity contribution < 1.29 is 9.90 Å². The molecular formula is C25H22N4O2. The fourth-order valence-corrected chi connectivity index (χ4v) is 3.46. The normalized spacial score (nSPS) is 11.8. The van der Waals surface area contributed by atoms with Gasteiger partial charge in [0.25, 0.3) is 5.91 Å². The number of fused-ring (bicyclic) bond motifs is 1. The van der Waals surface area contributed by atoms with Gasteiger partial charge in [-0.15, -0.1) is 0 Å². The Morgan fingerprint density at radius 2 is 1.71 bits per heavy atom. The van der Waals surface area contributed by atoms with Gasteiger partial charge in [0.15, 0.2) is 0 Å². The molecule has 1 aromatic heterocycles. The van der Waals surface area contributed by atoms with Crippen LogP contribution in [0.4, 0.5) is 5.69 Å². The summed E-state index contributed by atoms with van der Waals surface area (Å²) in [7, 11) is 0. The van der Waals surface area contributed by atoms with Crippen molar-refractivity contribution in [1.29, 1.82) is 5.41 Å². The molecule has 0 saturated heterocycles. The molecule has 6 nitrogen and oxygen atoms in total. The van der Waals surface area contributed by atoms with Crippen molar-refractivity contribution >= 4 is 28.1 Å². The molecule has 1 atom stereocenters. The van der Waals surface area contributed by atoms with E-state index in [2.05, 4.69) is 10.3 Å². The Morgan fingerprint density at radius 1 is 1.00 bits per heavy atom. The Bertz CT molecular complexity index is 1250. The first kappa shape index (κ1) is 20.3. The second-order valence-corrected chi connectivity index (χ2v) is 7.21. The maximum Gasteiger partial charge on any atom is 0.270 e. The zero-order valence-electron chi connectivity index (χ0n) is 16.7. The number of nitrogen functional groups attached to an aromatic ring is 1. The van der Waals surface area contributed by atoms with Gasteiger partial charge in [-0.1, -0.05) is 66.7 Å². The van der Waals surface area contributed by atoms with Crippen LogP contribution in [0.25, 0.3) is 10.8 Å². The summed E-state index contributed by atoms with van der Waals surface area (Å²) in [6.07, 6.45) is 1.39. The number of nitrogens with zero attached hydrogens (tertiary/aromatic N) is 1. The maximum atomic E-state index is 12.8. The monoisotopic (exact) mass is 410 g/mol. The largest absolute Gasteiger partial charge is 0.397 e. The van der Waals surface area contributed by atoms with Crippen LogP contribution in [0.15, 0.2) is 85.1 Å². The van der Waals surface area contributed by atoms with E-state index in [1.54, 1.807) is 0 Å². The highest BCUT2D eigenvalue weighted by molar-refractivity contribution is 6.15. The summed E-state index contributed by atoms with van der Waals surface area (Å²) in [6.45, 7) is -0.246. The van der Waals surface area contributed by atoms with Crippen molar-refractivity contribution in [3.8, 4) is 0 Å². The van der Waals surface area contributed by atoms with Crippen LogP contribution in [-0.2, 0) is 0 Å². The maximum absolute atomic E-state index is 12.8. The molecule has 4 rings (SSSR count). The number of aliphatic hydroxyl groups is 1. The van der Waals surface area contributed by atoms with E-state index in [0.717, 1.165) is 16.3 Å². The average molecular weight is 410 g/mol. The Balaban J connectivity index is 1.61. The highest BCUT2D eigenvalue weighted by Gasteiger charge is 2.18. The van der Waals surface area contributed by atoms with Crippen LogP contribution in [0.1, 0.15) is 33.2 Å². The third kappa shape index (κ3) is 4.29. The van der Waals surface area contributed by atoms with Crippen molar-refractivity contribution in [3.63, 3.8) is 0 Å². The van der Waals surface area contributed by atoms with Crippen LogP contribution in [-0.4, -0.2) is 28.3 Å². The standard InChI is InChI=1S/C25H22N4O2/c26-21-14-28-22(25(31)29-23(15-30)17-7-2-1-3-8-17)13-20(21)24(27)19-11-10-16-6-4-5-9-18(16)12-19/h1-14,23,27,30H,15,26H2,(H,29,31)/t23-/m1/s1. The lowest BCUT2D eigenvalue weighted by Gasteiger charge is -2.17. The van der Waals surface area contributed by atoms with Gasteiger partial charge in [-0.3, -0.25) is 10.2 Å². The molecule has 4 aromatic rings. The third-order valence-electron chi connectivity index (χ3n) is 5.16. The minimum Gasteiger partial charge on any atom is -0.397 e. The molecule has 31 heavy (non-hydrogen) atoms. The number of hydrogen-bond donors (Lipinski definition) is 4. The van der Waals surface area contributed by atoms with Crippen molar-refractivity contribution in [2.75, 3.05) is 12.3 Å². The first-order valence-corrected chi connectivity index (χ1v) is 9.87. The van der Waals surface area contributed by atoms with Crippen molar-refractivity contribution in [2.24, 2.45) is 0 Å². The van der Waals surface area contributed by atoms with Crippen molar-refractivity contribution in [1.82, 2.24) is 10.3 Å². The fraction of sp³-hybridized carbons (Fsp3) is 0.0800. The number of carbonyl (C=O) groups excluding carboxylic acids is 1. The molecule has 154 valence electrons. The zero-order chi connectivity index (χ0) is 21.8. The summed E-state index contributed by atoms with van der Waals surface area (Å²) in [5.74, 6) is -0.449. The van der Waals surface area contributed by atoms with E-state index >= 15 is 0 Å². The van der Waals surface area contributed by atoms with Gasteiger partial charge >= 0.3 is 0 Å². The van der Waals surface area contributed by atoms with Gasteiger partial charge in [-0.05, 0) is 28.5 Å². The molecular weight excluding hydrogens is 388 g/mol. The summed E-state index contributed by atoms with van der Waals surface area (Å²) < 4.78 is 0. The van der Waals surface area contributed by atoms with Crippen LogP contribution in [0.3, 0.4) is 0 Å². The molecule has 0 radical (unpaired) electrons. The number of aliphatic hydroxyl groups excluding tert-OH is 1. The highest BCUT2D eigenvalue weighted by atomic mass is 16.3. The smallest absolute Gasteiger partial charge is 0.270 e. The summed E-state index contributed by atoms with van der Waals surface area (Å²) >= 11 is 0. The van der Waals surface area contributed by atoms with E-state index in [1.165, 1.54) is 12.3 Å². The van der Waals surface area contributed by atoms with Crippen LogP contribution in [0.5, 0.6) is 0 Å². The Morgan fingerprint density at radius 3 is 2.45 bits per heavy atom. The number of carbonyl (C=O) groups is 1. The Labute approximate surface area is 179 Å². The SMILES string of the molecule is N=C(c1ccc2ccccc2c1)c1cc(C(=O)N[C@H](CO)c2ccccc2)ncc1N. The predicted octanol–water partition coefficient (Wildman–Crippen LogP) is 3.70. The van der Waals surface area contributed by atoms with E-state index in [0.29, 0.717) is 16.8 Å². The molecule has 0 fully saturated rings. The minimum atomic E-state index is -0.559. The van der Waals surface area contributed by atoms with Gasteiger partial charge < -0.3 is 16.2 Å². The molecule has 0 aliphatic rings. The van der Waals surface area contributed by atoms with Crippen molar-refractivity contribution in [3.05, 3.63) is 107 Å². The van der Waals surface area contributed by atoms with E-state index in [9.17, 15) is 9.90 Å². The van der Waals surface area contributed by atoms with Gasteiger partial charge in [0, 0.05) is 11.1 Å². The predicted molar refractivity (Wildman–Crippen MR) is 122 cm³/mol. The quantitative estimate of drug-likeness (QED) is 0.363. The summed E-state index contributed by atoms with van der Waals surface area (Å²) in [4.78, 5) is 16.9. The molecule has 0 unspecified atom stereocenters. The Hall–Kier alpha value is -4.03. The fourth-order valence-electron chi connectivity index (χ4n) is 3.46. The summed E-state index contributed by atoms with van der Waals surface area (Å²) in [5, 5.41) is 23.3. The molecule has 0 saturated carbocycles. The minimum absolute atomic E-state index is 0.129. The molecule has 1 heterocycles. The molecule has 0 bridgehead atoms. The molecule has 6 heteroatoms. The van der Waals surface area contributed by atoms with Crippen LogP contribution in [0.2, 0.25) is 0 Å².